The Morgan fingerprint density at radius 1 is 1.15 bits per heavy atom. The van der Waals surface area contributed by atoms with E-state index in [9.17, 15) is 26.5 Å². The molecule has 0 unspecified atom stereocenters. The minimum absolute atomic E-state index is 0.108. The molecule has 0 rings (SSSR count). The maximum atomic E-state index is 11.6. The highest BCUT2D eigenvalue weighted by Crippen LogP contribution is 2.26. The van der Waals surface area contributed by atoms with E-state index >= 15 is 0 Å². The first kappa shape index (κ1) is 15.0. The van der Waals surface area contributed by atoms with Gasteiger partial charge < -0.3 is 0 Å². The molecule has 13 heavy (non-hydrogen) atoms. The Balaban J connectivity index is 0. The molecule has 0 aromatic carbocycles. The van der Waals surface area contributed by atoms with Crippen molar-refractivity contribution in [1.82, 2.24) is 0 Å². The Labute approximate surface area is 70.3 Å². The van der Waals surface area contributed by atoms with E-state index < -0.39 is 18.9 Å². The van der Waals surface area contributed by atoms with E-state index in [0.29, 0.717) is 0 Å². The lowest BCUT2D eigenvalue weighted by Gasteiger charge is -2.17. The molecular formula is C5H8F6O2. The van der Waals surface area contributed by atoms with Crippen molar-refractivity contribution in [2.75, 3.05) is 13.8 Å². The molecule has 0 bridgehead atoms. The standard InChI is InChI=1S/C4H5F5O.CH3FO/c1-3(6,7)10-4(8,9)2-5;1-3-2/h2H2,1H3;1H3. The minimum atomic E-state index is -4.39. The van der Waals surface area contributed by atoms with Gasteiger partial charge in [-0.15, -0.1) is 0 Å². The lowest BCUT2D eigenvalue weighted by Crippen LogP contribution is -2.32. The van der Waals surface area contributed by atoms with Crippen LogP contribution in [0.3, 0.4) is 0 Å². The molecule has 0 fully saturated rings. The van der Waals surface area contributed by atoms with Crippen LogP contribution in [0.1, 0.15) is 6.92 Å². The molecule has 0 aliphatic rings. The maximum absolute atomic E-state index is 11.6. The van der Waals surface area contributed by atoms with Gasteiger partial charge in [-0.3, -0.25) is 4.74 Å². The molecule has 0 N–H and O–H groups in total. The Hall–Kier alpha value is -0.500. The second kappa shape index (κ2) is 6.03. The largest absolute Gasteiger partial charge is 0.388 e. The molecule has 0 atom stereocenters. The lowest BCUT2D eigenvalue weighted by atomic mass is 10.6. The average Bonchev–Trinajstić information content (AvgIpc) is 1.84. The second-order valence-corrected chi connectivity index (χ2v) is 1.84. The third-order valence-corrected chi connectivity index (χ3v) is 0.484. The van der Waals surface area contributed by atoms with Crippen molar-refractivity contribution in [3.63, 3.8) is 0 Å². The summed E-state index contributed by atoms with van der Waals surface area (Å²) in [7, 11) is 0.958. The van der Waals surface area contributed by atoms with Gasteiger partial charge in [0.2, 0.25) is 0 Å². The lowest BCUT2D eigenvalue weighted by molar-refractivity contribution is -0.370. The van der Waals surface area contributed by atoms with Gasteiger partial charge in [0, 0.05) is 6.92 Å². The van der Waals surface area contributed by atoms with Crippen LogP contribution in [-0.2, 0) is 9.68 Å². The van der Waals surface area contributed by atoms with Crippen LogP contribution < -0.4 is 0 Å². The van der Waals surface area contributed by atoms with Crippen LogP contribution in [0.4, 0.5) is 26.5 Å². The highest BCUT2D eigenvalue weighted by molar-refractivity contribution is 4.51. The number of ether oxygens (including phenoxy) is 1. The van der Waals surface area contributed by atoms with E-state index in [0.717, 1.165) is 7.11 Å². The van der Waals surface area contributed by atoms with Crippen LogP contribution in [0, 0.1) is 0 Å². The zero-order valence-electron chi connectivity index (χ0n) is 6.79. The monoisotopic (exact) mass is 214 g/mol. The van der Waals surface area contributed by atoms with Crippen molar-refractivity contribution in [3.05, 3.63) is 0 Å². The molecule has 0 amide bonds. The SMILES string of the molecule is CC(F)(F)OC(F)(F)CF.COF. The Morgan fingerprint density at radius 3 is 1.54 bits per heavy atom. The van der Waals surface area contributed by atoms with E-state index in [1.54, 1.807) is 0 Å². The molecule has 0 aliphatic heterocycles. The molecule has 0 saturated carbocycles. The summed E-state index contributed by atoms with van der Waals surface area (Å²) in [5.74, 6) is 0. The molecule has 0 radical (unpaired) electrons. The molecule has 0 heterocycles. The smallest absolute Gasteiger partial charge is 0.253 e. The summed E-state index contributed by atoms with van der Waals surface area (Å²) in [5, 5.41) is 0. The summed E-state index contributed by atoms with van der Waals surface area (Å²) >= 11 is 0. The predicted molar refractivity (Wildman–Crippen MR) is 30.7 cm³/mol. The fourth-order valence-electron chi connectivity index (χ4n) is 0.289. The van der Waals surface area contributed by atoms with E-state index in [1.165, 1.54) is 0 Å². The summed E-state index contributed by atoms with van der Waals surface area (Å²) in [6, 6.07) is 0. The van der Waals surface area contributed by atoms with Gasteiger partial charge in [-0.2, -0.15) is 22.5 Å². The van der Waals surface area contributed by atoms with Crippen LogP contribution in [0.2, 0.25) is 0 Å². The zero-order chi connectivity index (χ0) is 11.1. The fourth-order valence-corrected chi connectivity index (χ4v) is 0.289. The summed E-state index contributed by atoms with van der Waals surface area (Å²) in [6.45, 7) is -2.15. The molecule has 0 saturated heterocycles. The van der Waals surface area contributed by atoms with Crippen molar-refractivity contribution < 1.29 is 36.2 Å². The third-order valence-electron chi connectivity index (χ3n) is 0.484. The predicted octanol–water partition coefficient (Wildman–Crippen LogP) is 2.70. The summed E-state index contributed by atoms with van der Waals surface area (Å²) < 4.78 is 69.8. The molecule has 0 aliphatic carbocycles. The fraction of sp³-hybridized carbons (Fsp3) is 1.00. The minimum Gasteiger partial charge on any atom is -0.253 e. The molecule has 0 spiro atoms. The highest BCUT2D eigenvalue weighted by atomic mass is 19.3. The first-order valence-electron chi connectivity index (χ1n) is 2.85. The molecule has 82 valence electrons. The van der Waals surface area contributed by atoms with Crippen LogP contribution in [-0.4, -0.2) is 26.0 Å². The van der Waals surface area contributed by atoms with Crippen molar-refractivity contribution in [2.45, 2.75) is 19.1 Å². The van der Waals surface area contributed by atoms with Gasteiger partial charge in [-0.25, -0.2) is 4.39 Å². The second-order valence-electron chi connectivity index (χ2n) is 1.84. The first-order valence-corrected chi connectivity index (χ1v) is 2.85. The van der Waals surface area contributed by atoms with Crippen molar-refractivity contribution in [2.24, 2.45) is 0 Å². The number of hydrogen-bond acceptors (Lipinski definition) is 2. The normalized spacial score (nSPS) is 12.0. The summed E-state index contributed by atoms with van der Waals surface area (Å²) in [6.07, 6.45) is -8.40. The molecule has 0 aromatic rings. The number of hydrogen-bond donors (Lipinski definition) is 0. The zero-order valence-corrected chi connectivity index (χ0v) is 6.79. The third kappa shape index (κ3) is 14.4. The molecule has 0 aromatic heterocycles. The Kier molecular flexibility index (Phi) is 6.96. The average molecular weight is 214 g/mol. The van der Waals surface area contributed by atoms with E-state index in [-0.39, 0.29) is 6.92 Å². The first-order chi connectivity index (χ1) is 5.68. The quantitative estimate of drug-likeness (QED) is 0.672. The van der Waals surface area contributed by atoms with Gasteiger partial charge in [-0.1, -0.05) is 0 Å². The Morgan fingerprint density at radius 2 is 1.46 bits per heavy atom. The van der Waals surface area contributed by atoms with E-state index in [1.807, 2.05) is 0 Å². The van der Waals surface area contributed by atoms with Gasteiger partial charge >= 0.3 is 12.2 Å². The highest BCUT2D eigenvalue weighted by Gasteiger charge is 2.40. The van der Waals surface area contributed by atoms with Gasteiger partial charge in [-0.05, 0) is 4.53 Å². The van der Waals surface area contributed by atoms with Crippen molar-refractivity contribution in [3.8, 4) is 0 Å². The number of alkyl halides is 5. The number of rotatable bonds is 3. The molecular weight excluding hydrogens is 206 g/mol. The van der Waals surface area contributed by atoms with Gasteiger partial charge in [0.15, 0.2) is 6.67 Å². The molecule has 2 nitrogen and oxygen atoms in total. The topological polar surface area (TPSA) is 18.5 Å². The van der Waals surface area contributed by atoms with Crippen LogP contribution in [0.15, 0.2) is 0 Å². The van der Waals surface area contributed by atoms with Crippen molar-refractivity contribution in [1.29, 1.82) is 0 Å². The van der Waals surface area contributed by atoms with E-state index in [2.05, 4.69) is 9.68 Å². The van der Waals surface area contributed by atoms with Gasteiger partial charge in [0.25, 0.3) is 0 Å². The van der Waals surface area contributed by atoms with Crippen LogP contribution in [0.5, 0.6) is 0 Å². The Bertz CT molecular complexity index is 123. The van der Waals surface area contributed by atoms with E-state index in [4.69, 9.17) is 0 Å². The van der Waals surface area contributed by atoms with Crippen molar-refractivity contribution >= 4 is 0 Å². The maximum Gasteiger partial charge on any atom is 0.388 e. The summed E-state index contributed by atoms with van der Waals surface area (Å²) in [4.78, 5) is 2.75. The van der Waals surface area contributed by atoms with Crippen LogP contribution in [0.25, 0.3) is 0 Å². The van der Waals surface area contributed by atoms with Gasteiger partial charge in [0.05, 0.1) is 7.11 Å². The number of halogens is 6. The van der Waals surface area contributed by atoms with Crippen LogP contribution >= 0.6 is 0 Å². The molecule has 8 heteroatoms. The summed E-state index contributed by atoms with van der Waals surface area (Å²) in [5.41, 5.74) is 0. The van der Waals surface area contributed by atoms with Gasteiger partial charge in [0.1, 0.15) is 0 Å².